The highest BCUT2D eigenvalue weighted by atomic mass is 32.1. The van der Waals surface area contributed by atoms with Crippen LogP contribution in [0.1, 0.15) is 19.4 Å². The minimum atomic E-state index is 0.982. The van der Waals surface area contributed by atoms with E-state index >= 15 is 0 Å². The van der Waals surface area contributed by atoms with Crippen LogP contribution < -0.4 is 0 Å². The number of imidazole rings is 1. The van der Waals surface area contributed by atoms with Crippen LogP contribution in [0.2, 0.25) is 0 Å². The fraction of sp³-hybridized carbons (Fsp3) is 0.0645. The van der Waals surface area contributed by atoms with Gasteiger partial charge in [0.1, 0.15) is 5.82 Å². The molecule has 0 atom stereocenters. The number of rotatable bonds is 4. The number of nitrogens with zero attached hydrogens (tertiary/aromatic N) is 2. The van der Waals surface area contributed by atoms with E-state index in [9.17, 15) is 0 Å². The minimum absolute atomic E-state index is 0.982. The lowest BCUT2D eigenvalue weighted by molar-refractivity contribution is 1.11. The van der Waals surface area contributed by atoms with Gasteiger partial charge in [0.15, 0.2) is 0 Å². The zero-order chi connectivity index (χ0) is 23.1. The Kier molecular flexibility index (Phi) is 5.12. The molecule has 6 aromatic rings. The first kappa shape index (κ1) is 20.6. The standard InChI is InChI=1S/C31H24N2S/c1-3-21(2)24-15-18-30-26(19-24)27(20-34-30)31-32-28-11-7-8-12-29(28)33(31)25-16-13-23(14-17-25)22-9-5-4-6-10-22/h3-20H,1-2H3/b21-3-. The van der Waals surface area contributed by atoms with Crippen LogP contribution in [0.5, 0.6) is 0 Å². The lowest BCUT2D eigenvalue weighted by Gasteiger charge is -2.11. The molecule has 0 spiro atoms. The molecule has 0 aliphatic carbocycles. The molecule has 0 unspecified atom stereocenters. The van der Waals surface area contributed by atoms with Crippen molar-refractivity contribution in [2.24, 2.45) is 0 Å². The van der Waals surface area contributed by atoms with Crippen molar-refractivity contribution < 1.29 is 0 Å². The van der Waals surface area contributed by atoms with Crippen LogP contribution >= 0.6 is 11.3 Å². The Morgan fingerprint density at radius 1 is 0.824 bits per heavy atom. The van der Waals surface area contributed by atoms with Gasteiger partial charge in [-0.25, -0.2) is 4.98 Å². The Morgan fingerprint density at radius 3 is 2.35 bits per heavy atom. The van der Waals surface area contributed by atoms with Gasteiger partial charge in [0.2, 0.25) is 0 Å². The number of thiophene rings is 1. The van der Waals surface area contributed by atoms with Gasteiger partial charge in [0.05, 0.1) is 11.0 Å². The summed E-state index contributed by atoms with van der Waals surface area (Å²) in [4.78, 5) is 5.11. The molecule has 0 fully saturated rings. The van der Waals surface area contributed by atoms with Crippen molar-refractivity contribution in [2.45, 2.75) is 13.8 Å². The summed E-state index contributed by atoms with van der Waals surface area (Å²) in [7, 11) is 0. The van der Waals surface area contributed by atoms with Gasteiger partial charge in [0.25, 0.3) is 0 Å². The molecular weight excluding hydrogens is 432 g/mol. The molecule has 2 nitrogen and oxygen atoms in total. The molecule has 0 saturated carbocycles. The first-order valence-corrected chi connectivity index (χ1v) is 12.4. The number of allylic oxidation sites excluding steroid dienone is 2. The highest BCUT2D eigenvalue weighted by Gasteiger charge is 2.18. The average molecular weight is 457 g/mol. The summed E-state index contributed by atoms with van der Waals surface area (Å²) in [6.07, 6.45) is 2.16. The zero-order valence-electron chi connectivity index (χ0n) is 19.2. The molecule has 0 bridgehead atoms. The van der Waals surface area contributed by atoms with Crippen molar-refractivity contribution in [1.82, 2.24) is 9.55 Å². The van der Waals surface area contributed by atoms with E-state index in [1.807, 2.05) is 0 Å². The Labute approximate surface area is 203 Å². The minimum Gasteiger partial charge on any atom is -0.292 e. The van der Waals surface area contributed by atoms with Gasteiger partial charge in [-0.05, 0) is 72.5 Å². The highest BCUT2D eigenvalue weighted by Crippen LogP contribution is 2.38. The highest BCUT2D eigenvalue weighted by molar-refractivity contribution is 7.17. The second-order valence-corrected chi connectivity index (χ2v) is 9.42. The number of fused-ring (bicyclic) bond motifs is 2. The predicted octanol–water partition coefficient (Wildman–Crippen LogP) is 9.00. The van der Waals surface area contributed by atoms with E-state index in [4.69, 9.17) is 4.98 Å². The van der Waals surface area contributed by atoms with Gasteiger partial charge < -0.3 is 0 Å². The normalized spacial score (nSPS) is 12.0. The summed E-state index contributed by atoms with van der Waals surface area (Å²) in [5.41, 5.74) is 9.38. The molecule has 4 aromatic carbocycles. The molecule has 6 rings (SSSR count). The second-order valence-electron chi connectivity index (χ2n) is 8.50. The predicted molar refractivity (Wildman–Crippen MR) is 147 cm³/mol. The van der Waals surface area contributed by atoms with Crippen molar-refractivity contribution >= 4 is 38.0 Å². The van der Waals surface area contributed by atoms with Crippen molar-refractivity contribution in [2.75, 3.05) is 0 Å². The quantitative estimate of drug-likeness (QED) is 0.259. The largest absolute Gasteiger partial charge is 0.292 e. The van der Waals surface area contributed by atoms with Gasteiger partial charge in [-0.15, -0.1) is 11.3 Å². The number of benzene rings is 4. The van der Waals surface area contributed by atoms with Crippen LogP contribution in [0, 0.1) is 0 Å². The fourth-order valence-electron chi connectivity index (χ4n) is 4.52. The van der Waals surface area contributed by atoms with E-state index in [0.29, 0.717) is 0 Å². The zero-order valence-corrected chi connectivity index (χ0v) is 20.0. The van der Waals surface area contributed by atoms with E-state index in [0.717, 1.165) is 22.5 Å². The van der Waals surface area contributed by atoms with Crippen molar-refractivity contribution in [3.05, 3.63) is 114 Å². The monoisotopic (exact) mass is 456 g/mol. The van der Waals surface area contributed by atoms with Gasteiger partial charge in [0, 0.05) is 26.7 Å². The maximum absolute atomic E-state index is 5.11. The first-order chi connectivity index (χ1) is 16.7. The average Bonchev–Trinajstić information content (AvgIpc) is 3.49. The maximum Gasteiger partial charge on any atom is 0.147 e. The number of aromatic nitrogens is 2. The van der Waals surface area contributed by atoms with E-state index < -0.39 is 0 Å². The summed E-state index contributed by atoms with van der Waals surface area (Å²) in [5, 5.41) is 3.50. The molecule has 2 heterocycles. The van der Waals surface area contributed by atoms with E-state index in [1.54, 1.807) is 11.3 Å². The second kappa shape index (κ2) is 8.44. The Bertz CT molecular complexity index is 1650. The summed E-state index contributed by atoms with van der Waals surface area (Å²) in [6, 6.07) is 34.4. The topological polar surface area (TPSA) is 17.8 Å². The van der Waals surface area contributed by atoms with Crippen molar-refractivity contribution in [3.8, 4) is 28.2 Å². The fourth-order valence-corrected chi connectivity index (χ4v) is 5.44. The summed E-state index contributed by atoms with van der Waals surface area (Å²) < 4.78 is 3.57. The Hall–Kier alpha value is -3.95. The smallest absolute Gasteiger partial charge is 0.147 e. The third-order valence-electron chi connectivity index (χ3n) is 6.50. The van der Waals surface area contributed by atoms with Crippen LogP contribution in [0.3, 0.4) is 0 Å². The first-order valence-electron chi connectivity index (χ1n) is 11.5. The van der Waals surface area contributed by atoms with Crippen molar-refractivity contribution in [3.63, 3.8) is 0 Å². The number of hydrogen-bond acceptors (Lipinski definition) is 2. The number of para-hydroxylation sites is 2. The van der Waals surface area contributed by atoms with Crippen LogP contribution in [-0.4, -0.2) is 9.55 Å². The summed E-state index contributed by atoms with van der Waals surface area (Å²) in [5.74, 6) is 0.982. The molecule has 0 radical (unpaired) electrons. The Balaban J connectivity index is 1.55. The number of hydrogen-bond donors (Lipinski definition) is 0. The molecule has 0 aliphatic heterocycles. The molecule has 0 N–H and O–H groups in total. The SMILES string of the molecule is C/C=C(/C)c1ccc2scc(-c3nc4ccccc4n3-c3ccc(-c4ccccc4)cc3)c2c1. The van der Waals surface area contributed by atoms with Crippen LogP contribution in [0.4, 0.5) is 0 Å². The molecule has 164 valence electrons. The third kappa shape index (κ3) is 3.46. The van der Waals surface area contributed by atoms with E-state index in [-0.39, 0.29) is 0 Å². The molecule has 0 saturated heterocycles. The molecule has 0 amide bonds. The van der Waals surface area contributed by atoms with E-state index in [2.05, 4.69) is 127 Å². The Morgan fingerprint density at radius 2 is 1.56 bits per heavy atom. The van der Waals surface area contributed by atoms with E-state index in [1.165, 1.54) is 37.9 Å². The summed E-state index contributed by atoms with van der Waals surface area (Å²) >= 11 is 1.78. The summed E-state index contributed by atoms with van der Waals surface area (Å²) in [6.45, 7) is 4.25. The van der Waals surface area contributed by atoms with Crippen LogP contribution in [-0.2, 0) is 0 Å². The molecule has 34 heavy (non-hydrogen) atoms. The molecular formula is C31H24N2S. The van der Waals surface area contributed by atoms with Gasteiger partial charge in [-0.1, -0.05) is 66.7 Å². The van der Waals surface area contributed by atoms with Crippen molar-refractivity contribution in [1.29, 1.82) is 0 Å². The molecule has 0 aliphatic rings. The molecule has 2 aromatic heterocycles. The van der Waals surface area contributed by atoms with Crippen LogP contribution in [0.15, 0.2) is 109 Å². The lowest BCUT2D eigenvalue weighted by Crippen LogP contribution is -1.97. The third-order valence-corrected chi connectivity index (χ3v) is 7.46. The van der Waals surface area contributed by atoms with Gasteiger partial charge in [-0.2, -0.15) is 0 Å². The van der Waals surface area contributed by atoms with Gasteiger partial charge >= 0.3 is 0 Å². The lowest BCUT2D eigenvalue weighted by atomic mass is 10.0. The van der Waals surface area contributed by atoms with Crippen LogP contribution in [0.25, 0.3) is 54.9 Å². The maximum atomic E-state index is 5.11. The molecule has 3 heteroatoms. The van der Waals surface area contributed by atoms with Gasteiger partial charge in [-0.3, -0.25) is 4.57 Å².